The molecule has 0 radical (unpaired) electrons. The number of fused-ring (bicyclic) bond motifs is 2. The Kier molecular flexibility index (Phi) is 7.95. The van der Waals surface area contributed by atoms with Gasteiger partial charge in [0.15, 0.2) is 0 Å². The summed E-state index contributed by atoms with van der Waals surface area (Å²) in [6, 6.07) is 23.9. The molecule has 5 aromatic rings. The first kappa shape index (κ1) is 27.5. The number of hydrogen-bond donors (Lipinski definition) is 2. The van der Waals surface area contributed by atoms with Gasteiger partial charge in [0.25, 0.3) is 11.8 Å². The number of pyridine rings is 1. The van der Waals surface area contributed by atoms with E-state index in [9.17, 15) is 9.59 Å². The van der Waals surface area contributed by atoms with Crippen molar-refractivity contribution in [2.75, 3.05) is 25.2 Å². The standard InChI is InChI=1S/C33H28N6O4/c1-39-28-18-23(10-5-6-17-42-25-14-13-24-11-7-16-34-26(24)20-25)12-15-29(28)43-21-27(33(39)41)35-32(40)31-36-30(37-38-31)19-22-8-3-2-4-9-22/h2-4,7-9,11-16,18,20,27H,6,17,19,21H2,1H3,(H,35,40)(H,36,37,38)/t27-/m1/s1. The predicted molar refractivity (Wildman–Crippen MR) is 161 cm³/mol. The van der Waals surface area contributed by atoms with Crippen LogP contribution < -0.4 is 19.7 Å². The lowest BCUT2D eigenvalue weighted by molar-refractivity contribution is -0.120. The Morgan fingerprint density at radius 1 is 1.12 bits per heavy atom. The van der Waals surface area contributed by atoms with E-state index in [-0.39, 0.29) is 18.3 Å². The number of amides is 2. The molecule has 10 nitrogen and oxygen atoms in total. The Balaban J connectivity index is 1.05. The molecule has 1 atom stereocenters. The van der Waals surface area contributed by atoms with Gasteiger partial charge in [0, 0.05) is 43.1 Å². The molecule has 0 saturated carbocycles. The number of aromatic amines is 1. The first-order valence-corrected chi connectivity index (χ1v) is 13.8. The number of H-pyrrole nitrogens is 1. The van der Waals surface area contributed by atoms with Crippen LogP contribution in [0.2, 0.25) is 0 Å². The number of carbonyl (C=O) groups is 2. The first-order chi connectivity index (χ1) is 21.0. The topological polar surface area (TPSA) is 122 Å². The van der Waals surface area contributed by atoms with E-state index in [0.29, 0.717) is 36.7 Å². The minimum absolute atomic E-state index is 0.0319. The molecule has 2 N–H and O–H groups in total. The van der Waals surface area contributed by atoms with Crippen molar-refractivity contribution in [2.24, 2.45) is 0 Å². The number of ether oxygens (including phenoxy) is 2. The van der Waals surface area contributed by atoms with Crippen molar-refractivity contribution < 1.29 is 19.1 Å². The van der Waals surface area contributed by atoms with Crippen molar-refractivity contribution in [2.45, 2.75) is 18.9 Å². The number of nitrogens with one attached hydrogen (secondary N) is 2. The van der Waals surface area contributed by atoms with Gasteiger partial charge in [0.05, 0.1) is 17.8 Å². The number of aromatic nitrogens is 4. The lowest BCUT2D eigenvalue weighted by Gasteiger charge is -2.20. The number of rotatable bonds is 7. The SMILES string of the molecule is CN1C(=O)[C@H](NC(=O)c2n[nH]c(Cc3ccccc3)n2)COc2ccc(C#CCCOc3ccc4cccnc4c3)cc21. The lowest BCUT2D eigenvalue weighted by Crippen LogP contribution is -2.49. The maximum atomic E-state index is 13.3. The molecule has 0 unspecified atom stereocenters. The number of nitrogens with zero attached hydrogens (tertiary/aromatic N) is 4. The molecule has 2 amide bonds. The van der Waals surface area contributed by atoms with Crippen molar-refractivity contribution in [3.8, 4) is 23.3 Å². The van der Waals surface area contributed by atoms with Crippen molar-refractivity contribution in [1.82, 2.24) is 25.5 Å². The number of benzene rings is 3. The van der Waals surface area contributed by atoms with E-state index in [0.717, 1.165) is 27.8 Å². The number of hydrogen-bond acceptors (Lipinski definition) is 7. The van der Waals surface area contributed by atoms with E-state index >= 15 is 0 Å². The minimum atomic E-state index is -0.919. The summed E-state index contributed by atoms with van der Waals surface area (Å²) in [6.07, 6.45) is 2.78. The second-order valence-electron chi connectivity index (χ2n) is 9.94. The van der Waals surface area contributed by atoms with E-state index in [1.807, 2.05) is 66.7 Å². The third kappa shape index (κ3) is 6.47. The number of anilines is 1. The summed E-state index contributed by atoms with van der Waals surface area (Å²) in [5.41, 5.74) is 3.21. The highest BCUT2D eigenvalue weighted by molar-refractivity contribution is 6.02. The van der Waals surface area contributed by atoms with E-state index < -0.39 is 11.9 Å². The van der Waals surface area contributed by atoms with Gasteiger partial charge >= 0.3 is 0 Å². The third-order valence-corrected chi connectivity index (χ3v) is 6.91. The molecule has 214 valence electrons. The Morgan fingerprint density at radius 3 is 2.88 bits per heavy atom. The fourth-order valence-corrected chi connectivity index (χ4v) is 4.69. The second kappa shape index (κ2) is 12.4. The van der Waals surface area contributed by atoms with Crippen LogP contribution in [0.4, 0.5) is 5.69 Å². The van der Waals surface area contributed by atoms with Gasteiger partial charge in [-0.05, 0) is 42.0 Å². The van der Waals surface area contributed by atoms with Gasteiger partial charge in [-0.1, -0.05) is 48.2 Å². The van der Waals surface area contributed by atoms with Crippen molar-refractivity contribution in [1.29, 1.82) is 0 Å². The molecule has 10 heteroatoms. The van der Waals surface area contributed by atoms with Gasteiger partial charge in [-0.3, -0.25) is 19.7 Å². The van der Waals surface area contributed by atoms with Crippen LogP contribution >= 0.6 is 0 Å². The van der Waals surface area contributed by atoms with Crippen molar-refractivity contribution >= 4 is 28.4 Å². The molecular formula is C33H28N6O4. The van der Waals surface area contributed by atoms with Gasteiger partial charge in [-0.25, -0.2) is 4.98 Å². The lowest BCUT2D eigenvalue weighted by atomic mass is 10.1. The number of likely N-dealkylation sites (N-methyl/N-ethyl adjacent to an activating group) is 1. The molecule has 1 aliphatic rings. The predicted octanol–water partition coefficient (Wildman–Crippen LogP) is 3.92. The highest BCUT2D eigenvalue weighted by Gasteiger charge is 2.31. The van der Waals surface area contributed by atoms with Crippen molar-refractivity contribution in [3.05, 3.63) is 108 Å². The van der Waals surface area contributed by atoms with E-state index in [1.54, 1.807) is 25.4 Å². The molecule has 2 aromatic heterocycles. The zero-order valence-corrected chi connectivity index (χ0v) is 23.4. The first-order valence-electron chi connectivity index (χ1n) is 13.8. The monoisotopic (exact) mass is 572 g/mol. The van der Waals surface area contributed by atoms with Gasteiger partial charge in [-0.2, -0.15) is 0 Å². The molecule has 0 spiro atoms. The number of carbonyl (C=O) groups excluding carboxylic acids is 2. The summed E-state index contributed by atoms with van der Waals surface area (Å²) in [4.78, 5) is 36.3. The molecule has 6 rings (SSSR count). The Labute approximate surface area is 248 Å². The largest absolute Gasteiger partial charge is 0.493 e. The fourth-order valence-electron chi connectivity index (χ4n) is 4.69. The van der Waals surface area contributed by atoms with Crippen molar-refractivity contribution in [3.63, 3.8) is 0 Å². The normalized spacial score (nSPS) is 14.2. The Bertz CT molecular complexity index is 1840. The van der Waals surface area contributed by atoms with Crippen LogP contribution in [0.25, 0.3) is 10.9 Å². The maximum Gasteiger partial charge on any atom is 0.291 e. The highest BCUT2D eigenvalue weighted by atomic mass is 16.5. The van der Waals surface area contributed by atoms with Crippen LogP contribution in [0, 0.1) is 11.8 Å². The molecule has 0 saturated heterocycles. The Hall–Kier alpha value is -5.69. The summed E-state index contributed by atoms with van der Waals surface area (Å²) >= 11 is 0. The molecule has 0 aliphatic carbocycles. The van der Waals surface area contributed by atoms with Gasteiger partial charge in [0.2, 0.25) is 5.82 Å². The summed E-state index contributed by atoms with van der Waals surface area (Å²) < 4.78 is 11.7. The summed E-state index contributed by atoms with van der Waals surface area (Å²) in [6.45, 7) is 0.396. The van der Waals surface area contributed by atoms with E-state index in [2.05, 4.69) is 37.3 Å². The molecule has 3 heterocycles. The van der Waals surface area contributed by atoms with E-state index in [1.165, 1.54) is 4.90 Å². The Morgan fingerprint density at radius 2 is 2.00 bits per heavy atom. The quantitative estimate of drug-likeness (QED) is 0.224. The summed E-state index contributed by atoms with van der Waals surface area (Å²) in [5, 5.41) is 10.6. The summed E-state index contributed by atoms with van der Waals surface area (Å²) in [5.74, 6) is 7.13. The summed E-state index contributed by atoms with van der Waals surface area (Å²) in [7, 11) is 1.64. The van der Waals surface area contributed by atoms with Gasteiger partial charge in [0.1, 0.15) is 30.0 Å². The molecular weight excluding hydrogens is 544 g/mol. The molecule has 0 fully saturated rings. The van der Waals surface area contributed by atoms with Crippen LogP contribution in [0.5, 0.6) is 11.5 Å². The van der Waals surface area contributed by atoms with Crippen LogP contribution in [0.1, 0.15) is 34.0 Å². The average molecular weight is 573 g/mol. The fraction of sp³-hybridized carbons (Fsp3) is 0.182. The van der Waals surface area contributed by atoms with Crippen LogP contribution in [0.15, 0.2) is 85.1 Å². The maximum absolute atomic E-state index is 13.3. The zero-order valence-electron chi connectivity index (χ0n) is 23.4. The molecule has 1 aliphatic heterocycles. The molecule has 3 aromatic carbocycles. The molecule has 0 bridgehead atoms. The minimum Gasteiger partial charge on any atom is -0.493 e. The van der Waals surface area contributed by atoms with Crippen LogP contribution in [0.3, 0.4) is 0 Å². The van der Waals surface area contributed by atoms with E-state index in [4.69, 9.17) is 9.47 Å². The zero-order chi connectivity index (χ0) is 29.6. The van der Waals surface area contributed by atoms with Crippen LogP contribution in [-0.2, 0) is 11.2 Å². The molecule has 43 heavy (non-hydrogen) atoms. The average Bonchev–Trinajstić information content (AvgIpc) is 3.47. The highest BCUT2D eigenvalue weighted by Crippen LogP contribution is 2.31. The smallest absolute Gasteiger partial charge is 0.291 e. The van der Waals surface area contributed by atoms with Gasteiger partial charge in [-0.15, -0.1) is 5.10 Å². The third-order valence-electron chi connectivity index (χ3n) is 6.91. The van der Waals surface area contributed by atoms with Gasteiger partial charge < -0.3 is 19.7 Å². The second-order valence-corrected chi connectivity index (χ2v) is 9.94. The van der Waals surface area contributed by atoms with Crippen LogP contribution in [-0.4, -0.2) is 58.3 Å².